The Hall–Kier alpha value is -0.790. The van der Waals surface area contributed by atoms with E-state index in [4.69, 9.17) is 0 Å². The summed E-state index contributed by atoms with van der Waals surface area (Å²) in [7, 11) is 0. The summed E-state index contributed by atoms with van der Waals surface area (Å²) in [5.41, 5.74) is 0. The molecule has 1 heterocycles. The van der Waals surface area contributed by atoms with Gasteiger partial charge in [-0.1, -0.05) is 181 Å². The molecule has 0 amide bonds. The predicted molar refractivity (Wildman–Crippen MR) is 184 cm³/mol. The van der Waals surface area contributed by atoms with Crippen molar-refractivity contribution in [3.8, 4) is 0 Å². The van der Waals surface area contributed by atoms with E-state index in [1.807, 2.05) is 0 Å². The first-order valence-electron chi connectivity index (χ1n) is 19.4. The van der Waals surface area contributed by atoms with Crippen LogP contribution in [0.2, 0.25) is 0 Å². The number of rotatable bonds is 33. The molecule has 0 spiro atoms. The van der Waals surface area contributed by atoms with E-state index in [9.17, 15) is 0 Å². The molecule has 0 aromatic carbocycles. The van der Waals surface area contributed by atoms with Crippen LogP contribution in [0.1, 0.15) is 219 Å². The molecule has 0 bridgehead atoms. The van der Waals surface area contributed by atoms with E-state index in [1.165, 1.54) is 212 Å². The minimum absolute atomic E-state index is 1.23. The SMILES string of the molecule is CCCCCCCCCCCCCCCCCCC[n+]1ccn(CCCCCCCCC)c1CCCCCCCC. The monoisotopic (exact) mass is 574 g/mol. The van der Waals surface area contributed by atoms with Gasteiger partial charge in [-0.2, -0.15) is 0 Å². The average molecular weight is 574 g/mol. The molecule has 2 heteroatoms. The summed E-state index contributed by atoms with van der Waals surface area (Å²) in [6.45, 7) is 9.40. The van der Waals surface area contributed by atoms with Crippen molar-refractivity contribution in [2.45, 2.75) is 233 Å². The maximum absolute atomic E-state index is 2.62. The van der Waals surface area contributed by atoms with Crippen LogP contribution in [-0.2, 0) is 19.5 Å². The van der Waals surface area contributed by atoms with Gasteiger partial charge in [-0.25, -0.2) is 9.13 Å². The lowest BCUT2D eigenvalue weighted by atomic mass is 10.0. The van der Waals surface area contributed by atoms with Crippen molar-refractivity contribution in [1.29, 1.82) is 0 Å². The van der Waals surface area contributed by atoms with Gasteiger partial charge in [-0.3, -0.25) is 0 Å². The van der Waals surface area contributed by atoms with Gasteiger partial charge in [0.1, 0.15) is 12.4 Å². The third-order valence-corrected chi connectivity index (χ3v) is 9.35. The zero-order chi connectivity index (χ0) is 29.5. The number of aryl methyl sites for hydroxylation is 2. The minimum Gasteiger partial charge on any atom is -0.234 e. The summed E-state index contributed by atoms with van der Waals surface area (Å²) in [4.78, 5) is 0. The Kier molecular flexibility index (Phi) is 28.6. The largest absolute Gasteiger partial charge is 0.256 e. The van der Waals surface area contributed by atoms with Crippen molar-refractivity contribution in [3.05, 3.63) is 18.2 Å². The van der Waals surface area contributed by atoms with Gasteiger partial charge < -0.3 is 0 Å². The number of nitrogens with zero attached hydrogens (tertiary/aromatic N) is 2. The van der Waals surface area contributed by atoms with Crippen molar-refractivity contribution in [3.63, 3.8) is 0 Å². The highest BCUT2D eigenvalue weighted by atomic mass is 15.1. The fourth-order valence-electron chi connectivity index (χ4n) is 6.50. The molecular formula is C39H77N2+. The second-order valence-corrected chi connectivity index (χ2v) is 13.4. The van der Waals surface area contributed by atoms with E-state index in [2.05, 4.69) is 42.3 Å². The van der Waals surface area contributed by atoms with Crippen LogP contribution >= 0.6 is 0 Å². The van der Waals surface area contributed by atoms with Crippen molar-refractivity contribution < 1.29 is 4.57 Å². The highest BCUT2D eigenvalue weighted by Gasteiger charge is 2.16. The second kappa shape index (κ2) is 30.7. The topological polar surface area (TPSA) is 8.81 Å². The van der Waals surface area contributed by atoms with Crippen LogP contribution in [0.15, 0.2) is 12.4 Å². The quantitative estimate of drug-likeness (QED) is 0.0584. The van der Waals surface area contributed by atoms with Gasteiger partial charge in [0.15, 0.2) is 0 Å². The van der Waals surface area contributed by atoms with E-state index in [1.54, 1.807) is 5.82 Å². The molecule has 0 fully saturated rings. The maximum atomic E-state index is 2.62. The minimum atomic E-state index is 1.23. The average Bonchev–Trinajstić information content (AvgIpc) is 3.37. The lowest BCUT2D eigenvalue weighted by Gasteiger charge is -2.07. The van der Waals surface area contributed by atoms with Gasteiger partial charge in [-0.05, 0) is 32.1 Å². The lowest BCUT2D eigenvalue weighted by Crippen LogP contribution is -2.37. The van der Waals surface area contributed by atoms with E-state index in [-0.39, 0.29) is 0 Å². The fourth-order valence-corrected chi connectivity index (χ4v) is 6.50. The number of hydrogen-bond donors (Lipinski definition) is 0. The predicted octanol–water partition coefficient (Wildman–Crippen LogP) is 13.1. The zero-order valence-corrected chi connectivity index (χ0v) is 28.9. The molecule has 0 radical (unpaired) electrons. The summed E-state index contributed by atoms with van der Waals surface area (Å²) in [5, 5.41) is 0. The summed E-state index contributed by atoms with van der Waals surface area (Å²) >= 11 is 0. The fraction of sp³-hybridized carbons (Fsp3) is 0.923. The van der Waals surface area contributed by atoms with Crippen molar-refractivity contribution >= 4 is 0 Å². The summed E-state index contributed by atoms with van der Waals surface area (Å²) < 4.78 is 5.24. The maximum Gasteiger partial charge on any atom is 0.256 e. The highest BCUT2D eigenvalue weighted by Crippen LogP contribution is 2.15. The first kappa shape index (κ1) is 38.2. The lowest BCUT2D eigenvalue weighted by molar-refractivity contribution is -0.704. The van der Waals surface area contributed by atoms with Gasteiger partial charge in [0.05, 0.1) is 13.1 Å². The Balaban J connectivity index is 2.16. The summed E-state index contributed by atoms with van der Waals surface area (Å²) in [5.74, 6) is 1.61. The molecule has 1 rings (SSSR count). The number of unbranched alkanes of at least 4 members (excludes halogenated alkanes) is 27. The van der Waals surface area contributed by atoms with Crippen LogP contribution in [0.5, 0.6) is 0 Å². The van der Waals surface area contributed by atoms with Crippen molar-refractivity contribution in [1.82, 2.24) is 4.57 Å². The standard InChI is InChI=1S/C39H77N2/c1-4-7-10-13-16-17-18-19-20-21-22-23-24-25-27-30-33-36-41-38-37-40(35-32-29-26-14-11-8-5-2)39(41)34-31-28-15-12-9-6-3/h37-38H,4-36H2,1-3H3/q+1. The molecule has 0 atom stereocenters. The summed E-state index contributed by atoms with van der Waals surface area (Å²) in [6.07, 6.45) is 48.9. The molecule has 242 valence electrons. The van der Waals surface area contributed by atoms with Crippen LogP contribution in [0.25, 0.3) is 0 Å². The van der Waals surface area contributed by atoms with Gasteiger partial charge in [0, 0.05) is 6.42 Å². The normalized spacial score (nSPS) is 11.6. The van der Waals surface area contributed by atoms with Crippen LogP contribution in [0.4, 0.5) is 0 Å². The molecule has 0 aliphatic carbocycles. The van der Waals surface area contributed by atoms with Crippen LogP contribution in [0.3, 0.4) is 0 Å². The van der Waals surface area contributed by atoms with E-state index in [0.29, 0.717) is 0 Å². The van der Waals surface area contributed by atoms with E-state index in [0.717, 1.165) is 0 Å². The third-order valence-electron chi connectivity index (χ3n) is 9.35. The number of aromatic nitrogens is 2. The summed E-state index contributed by atoms with van der Waals surface area (Å²) in [6, 6.07) is 0. The number of hydrogen-bond acceptors (Lipinski definition) is 0. The van der Waals surface area contributed by atoms with Crippen LogP contribution < -0.4 is 4.57 Å². The number of imidazole rings is 1. The Morgan fingerprint density at radius 1 is 0.415 bits per heavy atom. The molecule has 41 heavy (non-hydrogen) atoms. The van der Waals surface area contributed by atoms with Gasteiger partial charge >= 0.3 is 0 Å². The van der Waals surface area contributed by atoms with E-state index >= 15 is 0 Å². The molecule has 0 aliphatic heterocycles. The smallest absolute Gasteiger partial charge is 0.234 e. The van der Waals surface area contributed by atoms with Crippen molar-refractivity contribution in [2.75, 3.05) is 0 Å². The molecule has 1 aromatic heterocycles. The van der Waals surface area contributed by atoms with Gasteiger partial charge in [-0.15, -0.1) is 0 Å². The Labute approximate surface area is 259 Å². The Morgan fingerprint density at radius 3 is 1.17 bits per heavy atom. The highest BCUT2D eigenvalue weighted by molar-refractivity contribution is 4.84. The molecule has 0 saturated carbocycles. The molecule has 0 unspecified atom stereocenters. The van der Waals surface area contributed by atoms with Crippen molar-refractivity contribution in [2.24, 2.45) is 0 Å². The van der Waals surface area contributed by atoms with E-state index < -0.39 is 0 Å². The van der Waals surface area contributed by atoms with Crippen LogP contribution in [0, 0.1) is 0 Å². The first-order chi connectivity index (χ1) is 20.3. The first-order valence-corrected chi connectivity index (χ1v) is 19.4. The molecule has 0 aliphatic rings. The third kappa shape index (κ3) is 23.4. The second-order valence-electron chi connectivity index (χ2n) is 13.4. The Morgan fingerprint density at radius 2 is 0.756 bits per heavy atom. The van der Waals surface area contributed by atoms with Crippen LogP contribution in [-0.4, -0.2) is 4.57 Å². The van der Waals surface area contributed by atoms with Gasteiger partial charge in [0.2, 0.25) is 0 Å². The molecule has 0 N–H and O–H groups in total. The molecule has 0 saturated heterocycles. The molecule has 1 aromatic rings. The van der Waals surface area contributed by atoms with Gasteiger partial charge in [0.25, 0.3) is 5.82 Å². The zero-order valence-electron chi connectivity index (χ0n) is 28.9. The Bertz CT molecular complexity index is 634. The molecular weight excluding hydrogens is 496 g/mol. The molecule has 2 nitrogen and oxygen atoms in total.